The van der Waals surface area contributed by atoms with Crippen molar-refractivity contribution in [3.05, 3.63) is 34.7 Å². The fraction of sp³-hybridized carbons (Fsp3) is 0.375. The first-order valence-corrected chi connectivity index (χ1v) is 8.17. The fourth-order valence-electron chi connectivity index (χ4n) is 2.53. The third-order valence-electron chi connectivity index (χ3n) is 3.69. The van der Waals surface area contributed by atoms with Crippen LogP contribution in [0.3, 0.4) is 0 Å². The van der Waals surface area contributed by atoms with Gasteiger partial charge in [-0.15, -0.1) is 11.3 Å². The maximum Gasteiger partial charge on any atom is 0.241 e. The molecule has 110 valence electrons. The van der Waals surface area contributed by atoms with Crippen LogP contribution in [0.25, 0.3) is 11.3 Å². The van der Waals surface area contributed by atoms with Crippen LogP contribution in [0, 0.1) is 6.92 Å². The van der Waals surface area contributed by atoms with Gasteiger partial charge >= 0.3 is 0 Å². The lowest BCUT2D eigenvalue weighted by molar-refractivity contribution is -0.118. The SMILES string of the molecule is Cc1nc(-c2ccc(NC(=O)[C@@H]3CCCCN3)cc2)cs1. The summed E-state index contributed by atoms with van der Waals surface area (Å²) in [6, 6.07) is 7.81. The Morgan fingerprint density at radius 3 is 2.76 bits per heavy atom. The van der Waals surface area contributed by atoms with E-state index in [0.29, 0.717) is 0 Å². The molecule has 0 aliphatic carbocycles. The summed E-state index contributed by atoms with van der Waals surface area (Å²) in [5, 5.41) is 9.35. The Hall–Kier alpha value is -1.72. The van der Waals surface area contributed by atoms with Gasteiger partial charge in [0.15, 0.2) is 0 Å². The third kappa shape index (κ3) is 3.49. The van der Waals surface area contributed by atoms with Crippen LogP contribution in [0.15, 0.2) is 29.6 Å². The van der Waals surface area contributed by atoms with Crippen LogP contribution in [0.4, 0.5) is 5.69 Å². The molecule has 5 heteroatoms. The van der Waals surface area contributed by atoms with Gasteiger partial charge in [-0.05, 0) is 38.4 Å². The summed E-state index contributed by atoms with van der Waals surface area (Å²) in [6.07, 6.45) is 3.20. The monoisotopic (exact) mass is 301 g/mol. The molecule has 1 atom stereocenters. The third-order valence-corrected chi connectivity index (χ3v) is 4.47. The Kier molecular flexibility index (Phi) is 4.31. The number of hydrogen-bond acceptors (Lipinski definition) is 4. The van der Waals surface area contributed by atoms with Gasteiger partial charge in [-0.2, -0.15) is 0 Å². The van der Waals surface area contributed by atoms with Crippen molar-refractivity contribution in [2.24, 2.45) is 0 Å². The molecule has 0 saturated carbocycles. The topological polar surface area (TPSA) is 54.0 Å². The Bertz CT molecular complexity index is 615. The van der Waals surface area contributed by atoms with Gasteiger partial charge in [0.1, 0.15) is 0 Å². The Morgan fingerprint density at radius 2 is 2.14 bits per heavy atom. The van der Waals surface area contributed by atoms with Gasteiger partial charge < -0.3 is 10.6 Å². The lowest BCUT2D eigenvalue weighted by Gasteiger charge is -2.22. The molecule has 4 nitrogen and oxygen atoms in total. The number of amides is 1. The van der Waals surface area contributed by atoms with E-state index in [1.807, 2.05) is 31.2 Å². The Morgan fingerprint density at radius 1 is 1.33 bits per heavy atom. The standard InChI is InChI=1S/C16H19N3OS/c1-11-18-15(10-21-11)12-5-7-13(8-6-12)19-16(20)14-4-2-3-9-17-14/h5-8,10,14,17H,2-4,9H2,1H3,(H,19,20)/t14-/m0/s1. The lowest BCUT2D eigenvalue weighted by Crippen LogP contribution is -2.43. The van der Waals surface area contributed by atoms with Crippen LogP contribution in [-0.4, -0.2) is 23.5 Å². The number of nitrogens with one attached hydrogen (secondary N) is 2. The number of anilines is 1. The first-order chi connectivity index (χ1) is 10.2. The Labute approximate surface area is 128 Å². The van der Waals surface area contributed by atoms with E-state index in [-0.39, 0.29) is 11.9 Å². The molecule has 3 rings (SSSR count). The van der Waals surface area contributed by atoms with Crippen molar-refractivity contribution in [1.29, 1.82) is 0 Å². The van der Waals surface area contributed by atoms with Crippen LogP contribution < -0.4 is 10.6 Å². The predicted octanol–water partition coefficient (Wildman–Crippen LogP) is 3.20. The number of thiazole rings is 1. The van der Waals surface area contributed by atoms with Gasteiger partial charge in [0, 0.05) is 16.6 Å². The molecule has 1 saturated heterocycles. The minimum absolute atomic E-state index is 0.0559. The summed E-state index contributed by atoms with van der Waals surface area (Å²) < 4.78 is 0. The predicted molar refractivity (Wildman–Crippen MR) is 86.6 cm³/mol. The van der Waals surface area contributed by atoms with Crippen molar-refractivity contribution in [2.75, 3.05) is 11.9 Å². The maximum absolute atomic E-state index is 12.1. The van der Waals surface area contributed by atoms with Crippen molar-refractivity contribution < 1.29 is 4.79 Å². The van der Waals surface area contributed by atoms with Crippen molar-refractivity contribution in [1.82, 2.24) is 10.3 Å². The highest BCUT2D eigenvalue weighted by molar-refractivity contribution is 7.09. The lowest BCUT2D eigenvalue weighted by atomic mass is 10.0. The number of benzene rings is 1. The molecular weight excluding hydrogens is 282 g/mol. The molecule has 1 aliphatic rings. The molecule has 0 spiro atoms. The van der Waals surface area contributed by atoms with Crippen LogP contribution >= 0.6 is 11.3 Å². The highest BCUT2D eigenvalue weighted by Crippen LogP contribution is 2.23. The second-order valence-electron chi connectivity index (χ2n) is 5.32. The summed E-state index contributed by atoms with van der Waals surface area (Å²) >= 11 is 1.64. The quantitative estimate of drug-likeness (QED) is 0.915. The zero-order valence-corrected chi connectivity index (χ0v) is 12.9. The number of piperidine rings is 1. The molecule has 0 radical (unpaired) electrons. The fourth-order valence-corrected chi connectivity index (χ4v) is 3.15. The number of aromatic nitrogens is 1. The first-order valence-electron chi connectivity index (χ1n) is 7.29. The minimum atomic E-state index is -0.0559. The van der Waals surface area contributed by atoms with Crippen LogP contribution in [0.2, 0.25) is 0 Å². The maximum atomic E-state index is 12.1. The zero-order chi connectivity index (χ0) is 14.7. The van der Waals surface area contributed by atoms with Gasteiger partial charge in [-0.25, -0.2) is 4.98 Å². The van der Waals surface area contributed by atoms with E-state index in [1.165, 1.54) is 0 Å². The summed E-state index contributed by atoms with van der Waals surface area (Å²) in [5.74, 6) is 0.0620. The van der Waals surface area contributed by atoms with Crippen molar-refractivity contribution in [3.63, 3.8) is 0 Å². The van der Waals surface area contributed by atoms with Gasteiger partial charge in [0.05, 0.1) is 16.7 Å². The van der Waals surface area contributed by atoms with E-state index in [4.69, 9.17) is 0 Å². The average Bonchev–Trinajstić information content (AvgIpc) is 2.95. The Balaban J connectivity index is 1.65. The molecule has 1 fully saturated rings. The molecule has 2 aromatic rings. The van der Waals surface area contributed by atoms with Gasteiger partial charge in [0.2, 0.25) is 5.91 Å². The second kappa shape index (κ2) is 6.37. The number of aryl methyl sites for hydroxylation is 1. The number of carbonyl (C=O) groups is 1. The van der Waals surface area contributed by atoms with E-state index in [1.54, 1.807) is 11.3 Å². The van der Waals surface area contributed by atoms with Gasteiger partial charge in [0.25, 0.3) is 0 Å². The highest BCUT2D eigenvalue weighted by atomic mass is 32.1. The van der Waals surface area contributed by atoms with E-state index in [2.05, 4.69) is 21.0 Å². The zero-order valence-electron chi connectivity index (χ0n) is 12.1. The molecule has 1 amide bonds. The van der Waals surface area contributed by atoms with E-state index >= 15 is 0 Å². The van der Waals surface area contributed by atoms with Crippen LogP contribution in [0.1, 0.15) is 24.3 Å². The number of carbonyl (C=O) groups excluding carboxylic acids is 1. The number of rotatable bonds is 3. The van der Waals surface area contributed by atoms with E-state index in [0.717, 1.165) is 47.8 Å². The van der Waals surface area contributed by atoms with E-state index < -0.39 is 0 Å². The molecule has 1 aromatic carbocycles. The number of hydrogen-bond donors (Lipinski definition) is 2. The van der Waals surface area contributed by atoms with Crippen molar-refractivity contribution in [3.8, 4) is 11.3 Å². The molecule has 0 unspecified atom stereocenters. The van der Waals surface area contributed by atoms with Crippen LogP contribution in [0.5, 0.6) is 0 Å². The summed E-state index contributed by atoms with van der Waals surface area (Å²) in [6.45, 7) is 2.93. The molecule has 2 N–H and O–H groups in total. The average molecular weight is 301 g/mol. The van der Waals surface area contributed by atoms with Crippen molar-refractivity contribution in [2.45, 2.75) is 32.2 Å². The molecular formula is C16H19N3OS. The molecule has 1 aromatic heterocycles. The molecule has 0 bridgehead atoms. The van der Waals surface area contributed by atoms with E-state index in [9.17, 15) is 4.79 Å². The van der Waals surface area contributed by atoms with Gasteiger partial charge in [-0.1, -0.05) is 18.6 Å². The molecule has 2 heterocycles. The summed E-state index contributed by atoms with van der Waals surface area (Å²) in [7, 11) is 0. The van der Waals surface area contributed by atoms with Gasteiger partial charge in [-0.3, -0.25) is 4.79 Å². The molecule has 21 heavy (non-hydrogen) atoms. The normalized spacial score (nSPS) is 18.4. The van der Waals surface area contributed by atoms with Crippen LogP contribution in [-0.2, 0) is 4.79 Å². The highest BCUT2D eigenvalue weighted by Gasteiger charge is 2.20. The minimum Gasteiger partial charge on any atom is -0.325 e. The summed E-state index contributed by atoms with van der Waals surface area (Å²) in [4.78, 5) is 16.6. The molecule has 1 aliphatic heterocycles. The first kappa shape index (κ1) is 14.2. The number of nitrogens with zero attached hydrogens (tertiary/aromatic N) is 1. The smallest absolute Gasteiger partial charge is 0.241 e. The second-order valence-corrected chi connectivity index (χ2v) is 6.38. The summed E-state index contributed by atoms with van der Waals surface area (Å²) in [5.41, 5.74) is 2.90. The largest absolute Gasteiger partial charge is 0.325 e. The van der Waals surface area contributed by atoms with Crippen molar-refractivity contribution >= 4 is 22.9 Å².